The summed E-state index contributed by atoms with van der Waals surface area (Å²) in [5, 5.41) is 1.00. The maximum absolute atomic E-state index is 12.5. The van der Waals surface area contributed by atoms with Crippen LogP contribution in [0.5, 0.6) is 0 Å². The van der Waals surface area contributed by atoms with Gasteiger partial charge in [-0.25, -0.2) is 0 Å². The molecule has 3 rings (SSSR count). The van der Waals surface area contributed by atoms with Crippen LogP contribution in [0.4, 0.5) is 0 Å². The Labute approximate surface area is 110 Å². The second kappa shape index (κ2) is 4.69. The van der Waals surface area contributed by atoms with Crippen LogP contribution in [-0.4, -0.2) is 35.4 Å². The van der Waals surface area contributed by atoms with E-state index in [9.17, 15) is 4.79 Å². The van der Waals surface area contributed by atoms with E-state index in [-0.39, 0.29) is 5.91 Å². The molecule has 1 saturated heterocycles. The molecule has 1 aromatic heterocycles. The normalized spacial score (nSPS) is 16.2. The number of amides is 1. The SMILES string of the molecule is Cc1cc2cccc(C(=O)N3CCSCC3)c2o1. The molecule has 1 amide bonds. The van der Waals surface area contributed by atoms with Gasteiger partial charge < -0.3 is 9.32 Å². The van der Waals surface area contributed by atoms with E-state index in [1.54, 1.807) is 0 Å². The first-order chi connectivity index (χ1) is 8.75. The topological polar surface area (TPSA) is 33.5 Å². The van der Waals surface area contributed by atoms with E-state index in [1.807, 2.05) is 47.9 Å². The first-order valence-electron chi connectivity index (χ1n) is 6.12. The van der Waals surface area contributed by atoms with Crippen molar-refractivity contribution in [1.82, 2.24) is 4.90 Å². The molecule has 0 bridgehead atoms. The zero-order valence-electron chi connectivity index (χ0n) is 10.3. The fourth-order valence-electron chi connectivity index (χ4n) is 2.30. The molecular formula is C14H15NO2S. The van der Waals surface area contributed by atoms with Gasteiger partial charge in [-0.1, -0.05) is 12.1 Å². The predicted molar refractivity (Wildman–Crippen MR) is 74.2 cm³/mol. The minimum Gasteiger partial charge on any atom is -0.461 e. The quantitative estimate of drug-likeness (QED) is 0.791. The van der Waals surface area contributed by atoms with E-state index >= 15 is 0 Å². The number of hydrogen-bond acceptors (Lipinski definition) is 3. The number of thioether (sulfide) groups is 1. The number of benzene rings is 1. The maximum Gasteiger partial charge on any atom is 0.257 e. The van der Waals surface area contributed by atoms with Gasteiger partial charge in [0.05, 0.1) is 5.56 Å². The van der Waals surface area contributed by atoms with E-state index in [2.05, 4.69) is 0 Å². The zero-order valence-corrected chi connectivity index (χ0v) is 11.1. The van der Waals surface area contributed by atoms with Crippen molar-refractivity contribution in [1.29, 1.82) is 0 Å². The lowest BCUT2D eigenvalue weighted by Gasteiger charge is -2.26. The van der Waals surface area contributed by atoms with Crippen LogP contribution in [0.15, 0.2) is 28.7 Å². The molecule has 1 aliphatic rings. The van der Waals surface area contributed by atoms with Crippen LogP contribution < -0.4 is 0 Å². The van der Waals surface area contributed by atoms with Crippen LogP contribution in [0.2, 0.25) is 0 Å². The third-order valence-electron chi connectivity index (χ3n) is 3.20. The van der Waals surface area contributed by atoms with Gasteiger partial charge in [0.1, 0.15) is 11.3 Å². The van der Waals surface area contributed by atoms with Crippen molar-refractivity contribution >= 4 is 28.6 Å². The molecule has 1 fully saturated rings. The lowest BCUT2D eigenvalue weighted by Crippen LogP contribution is -2.37. The molecule has 2 heterocycles. The summed E-state index contributed by atoms with van der Waals surface area (Å²) in [7, 11) is 0. The van der Waals surface area contributed by atoms with Crippen molar-refractivity contribution < 1.29 is 9.21 Å². The Balaban J connectivity index is 2.00. The average Bonchev–Trinajstić information content (AvgIpc) is 2.79. The largest absolute Gasteiger partial charge is 0.461 e. The Hall–Kier alpha value is -1.42. The second-order valence-corrected chi connectivity index (χ2v) is 5.71. The molecule has 1 aliphatic heterocycles. The zero-order chi connectivity index (χ0) is 12.5. The number of carbonyl (C=O) groups is 1. The summed E-state index contributed by atoms with van der Waals surface area (Å²) in [6.45, 7) is 3.57. The molecule has 2 aromatic rings. The number of fused-ring (bicyclic) bond motifs is 1. The summed E-state index contributed by atoms with van der Waals surface area (Å²) in [6.07, 6.45) is 0. The molecule has 0 N–H and O–H groups in total. The highest BCUT2D eigenvalue weighted by atomic mass is 32.2. The predicted octanol–water partition coefficient (Wildman–Crippen LogP) is 2.93. The summed E-state index contributed by atoms with van der Waals surface area (Å²) in [4.78, 5) is 14.4. The molecule has 0 unspecified atom stereocenters. The smallest absolute Gasteiger partial charge is 0.257 e. The number of rotatable bonds is 1. The Bertz CT molecular complexity index is 584. The van der Waals surface area contributed by atoms with Crippen molar-refractivity contribution in [2.75, 3.05) is 24.6 Å². The first kappa shape index (κ1) is 11.7. The highest BCUT2D eigenvalue weighted by Crippen LogP contribution is 2.24. The summed E-state index contributed by atoms with van der Waals surface area (Å²) < 4.78 is 5.66. The van der Waals surface area contributed by atoms with Gasteiger partial charge in [0.2, 0.25) is 0 Å². The third-order valence-corrected chi connectivity index (χ3v) is 4.14. The van der Waals surface area contributed by atoms with Crippen molar-refractivity contribution in [2.45, 2.75) is 6.92 Å². The van der Waals surface area contributed by atoms with Gasteiger partial charge in [0.15, 0.2) is 0 Å². The van der Waals surface area contributed by atoms with Gasteiger partial charge >= 0.3 is 0 Å². The molecule has 3 nitrogen and oxygen atoms in total. The van der Waals surface area contributed by atoms with Crippen molar-refractivity contribution in [3.05, 3.63) is 35.6 Å². The Kier molecular flexibility index (Phi) is 3.04. The number of furan rings is 1. The van der Waals surface area contributed by atoms with Gasteiger partial charge in [-0.15, -0.1) is 0 Å². The third kappa shape index (κ3) is 2.01. The van der Waals surface area contributed by atoms with Gasteiger partial charge in [-0.3, -0.25) is 4.79 Å². The Morgan fingerprint density at radius 2 is 2.11 bits per heavy atom. The Morgan fingerprint density at radius 3 is 2.89 bits per heavy atom. The molecule has 4 heteroatoms. The summed E-state index contributed by atoms with van der Waals surface area (Å²) >= 11 is 1.90. The molecule has 94 valence electrons. The van der Waals surface area contributed by atoms with E-state index in [1.165, 1.54) is 0 Å². The number of hydrogen-bond donors (Lipinski definition) is 0. The van der Waals surface area contributed by atoms with Gasteiger partial charge in [0, 0.05) is 30.0 Å². The van der Waals surface area contributed by atoms with Crippen molar-refractivity contribution in [2.24, 2.45) is 0 Å². The molecule has 0 aliphatic carbocycles. The van der Waals surface area contributed by atoms with Crippen LogP contribution in [0.3, 0.4) is 0 Å². The van der Waals surface area contributed by atoms with Gasteiger partial charge in [-0.05, 0) is 19.1 Å². The fraction of sp³-hybridized carbons (Fsp3) is 0.357. The summed E-state index contributed by atoms with van der Waals surface area (Å²) in [6, 6.07) is 7.73. The molecule has 0 atom stereocenters. The fourth-order valence-corrected chi connectivity index (χ4v) is 3.20. The van der Waals surface area contributed by atoms with Crippen LogP contribution >= 0.6 is 11.8 Å². The molecule has 18 heavy (non-hydrogen) atoms. The standard InChI is InChI=1S/C14H15NO2S/c1-10-9-11-3-2-4-12(13(11)17-10)14(16)15-5-7-18-8-6-15/h2-4,9H,5-8H2,1H3. The molecule has 0 radical (unpaired) electrons. The molecule has 0 spiro atoms. The van der Waals surface area contributed by atoms with Crippen LogP contribution in [0.25, 0.3) is 11.0 Å². The van der Waals surface area contributed by atoms with Crippen molar-refractivity contribution in [3.63, 3.8) is 0 Å². The number of para-hydroxylation sites is 1. The minimum atomic E-state index is 0.0928. The molecule has 0 saturated carbocycles. The molecular weight excluding hydrogens is 246 g/mol. The number of carbonyl (C=O) groups excluding carboxylic acids is 1. The lowest BCUT2D eigenvalue weighted by atomic mass is 10.1. The Morgan fingerprint density at radius 1 is 1.33 bits per heavy atom. The van der Waals surface area contributed by atoms with E-state index in [0.717, 1.165) is 41.3 Å². The first-order valence-corrected chi connectivity index (χ1v) is 7.27. The minimum absolute atomic E-state index is 0.0928. The number of aryl methyl sites for hydroxylation is 1. The average molecular weight is 261 g/mol. The van der Waals surface area contributed by atoms with E-state index in [0.29, 0.717) is 5.56 Å². The maximum atomic E-state index is 12.5. The highest BCUT2D eigenvalue weighted by Gasteiger charge is 2.21. The lowest BCUT2D eigenvalue weighted by molar-refractivity contribution is 0.0773. The van der Waals surface area contributed by atoms with Crippen LogP contribution in [0.1, 0.15) is 16.1 Å². The van der Waals surface area contributed by atoms with E-state index in [4.69, 9.17) is 4.42 Å². The molecule has 1 aromatic carbocycles. The van der Waals surface area contributed by atoms with Gasteiger partial charge in [0.25, 0.3) is 5.91 Å². The highest BCUT2D eigenvalue weighted by molar-refractivity contribution is 7.99. The number of nitrogens with zero attached hydrogens (tertiary/aromatic N) is 1. The monoisotopic (exact) mass is 261 g/mol. The van der Waals surface area contributed by atoms with Crippen molar-refractivity contribution in [3.8, 4) is 0 Å². The van der Waals surface area contributed by atoms with Crippen LogP contribution in [0, 0.1) is 6.92 Å². The van der Waals surface area contributed by atoms with Crippen LogP contribution in [-0.2, 0) is 0 Å². The van der Waals surface area contributed by atoms with E-state index < -0.39 is 0 Å². The van der Waals surface area contributed by atoms with Gasteiger partial charge in [-0.2, -0.15) is 11.8 Å². The second-order valence-electron chi connectivity index (χ2n) is 4.49. The summed E-state index contributed by atoms with van der Waals surface area (Å²) in [5.41, 5.74) is 1.41. The summed E-state index contributed by atoms with van der Waals surface area (Å²) in [5.74, 6) is 2.99.